The second-order valence-corrected chi connectivity index (χ2v) is 15.1. The van der Waals surface area contributed by atoms with Crippen LogP contribution in [0.25, 0.3) is 0 Å². The van der Waals surface area contributed by atoms with Crippen LogP contribution in [-0.2, 0) is 40.9 Å². The smallest absolute Gasteiger partial charge is 0.390 e. The highest BCUT2D eigenvalue weighted by molar-refractivity contribution is 6.00. The van der Waals surface area contributed by atoms with Crippen molar-refractivity contribution >= 4 is 23.2 Å². The number of nitriles is 2. The lowest BCUT2D eigenvalue weighted by molar-refractivity contribution is -0.138. The average molecular weight is 761 g/mol. The molecule has 10 rings (SSSR count). The molecule has 284 valence electrons. The van der Waals surface area contributed by atoms with Crippen molar-refractivity contribution in [3.63, 3.8) is 0 Å². The van der Waals surface area contributed by atoms with Gasteiger partial charge in [-0.3, -0.25) is 19.4 Å². The normalized spacial score (nSPS) is 39.6. The Bertz CT molecular complexity index is 1910. The number of aliphatic hydroxyl groups excluding tert-OH is 2. The number of hydrogen-bond acceptors (Lipinski definition) is 10. The minimum absolute atomic E-state index is 0.0386. The fourth-order valence-corrected chi connectivity index (χ4v) is 10.5. The number of carbonyl (C=O) groups excluding carboxylic acids is 2. The Kier molecular flexibility index (Phi) is 7.61. The zero-order chi connectivity index (χ0) is 38.3. The predicted molar refractivity (Wildman–Crippen MR) is 166 cm³/mol. The quantitative estimate of drug-likeness (QED) is 0.432. The van der Waals surface area contributed by atoms with Gasteiger partial charge in [0.2, 0.25) is 11.8 Å². The fourth-order valence-electron chi connectivity index (χ4n) is 10.5. The van der Waals surface area contributed by atoms with Gasteiger partial charge in [-0.2, -0.15) is 36.9 Å². The van der Waals surface area contributed by atoms with Gasteiger partial charge in [-0.15, -0.1) is 0 Å². The van der Waals surface area contributed by atoms with Crippen LogP contribution in [0.3, 0.4) is 0 Å². The molecule has 54 heavy (non-hydrogen) atoms. The Hall–Kier alpha value is -4.30. The second kappa shape index (κ2) is 11.6. The molecule has 12 atom stereocenters. The zero-order valence-corrected chi connectivity index (χ0v) is 27.9. The van der Waals surface area contributed by atoms with Gasteiger partial charge in [0.05, 0.1) is 95.1 Å². The second-order valence-electron chi connectivity index (χ2n) is 15.1. The maximum atomic E-state index is 13.3. The number of benzene rings is 2. The summed E-state index contributed by atoms with van der Waals surface area (Å²) in [5.41, 5.74) is -4.43. The van der Waals surface area contributed by atoms with Crippen LogP contribution >= 0.6 is 0 Å². The number of amides is 2. The molecule has 0 unspecified atom stereocenters. The third-order valence-electron chi connectivity index (χ3n) is 12.5. The summed E-state index contributed by atoms with van der Waals surface area (Å²) in [6.07, 6.45) is -11.8. The summed E-state index contributed by atoms with van der Waals surface area (Å²) < 4.78 is 103. The number of halogens is 6. The highest BCUT2D eigenvalue weighted by atomic mass is 19.4. The van der Waals surface area contributed by atoms with E-state index in [9.17, 15) is 46.1 Å². The van der Waals surface area contributed by atoms with Crippen LogP contribution in [0.15, 0.2) is 36.4 Å². The van der Waals surface area contributed by atoms with Crippen LogP contribution in [0, 0.1) is 46.3 Å². The molecule has 18 heteroatoms. The van der Waals surface area contributed by atoms with Crippen molar-refractivity contribution in [3.05, 3.63) is 58.7 Å². The molecule has 8 saturated heterocycles. The molecule has 0 aromatic heterocycles. The number of hydrogen-bond donors (Lipinski definition) is 2. The van der Waals surface area contributed by atoms with Gasteiger partial charge >= 0.3 is 12.4 Å². The minimum Gasteiger partial charge on any atom is -0.390 e. The first-order valence-electron chi connectivity index (χ1n) is 17.4. The standard InChI is InChI=1S/2C18H15F3N2O4/c2*19-18(20,21)10-5-9(2-1-8(10)7-22)23-15(25)12-13-16(23)26-4-3-17(13)6-11(24)14(12)27-17/h2*1-2,5,11-14,16,24H,3-4,6H2/t2*11-,12+,13+,14-,16+,17+/m10/s1. The molecule has 2 aromatic rings. The summed E-state index contributed by atoms with van der Waals surface area (Å²) in [7, 11) is 0. The summed E-state index contributed by atoms with van der Waals surface area (Å²) >= 11 is 0. The minimum atomic E-state index is -4.72. The monoisotopic (exact) mass is 760 g/mol. The third kappa shape index (κ3) is 4.77. The van der Waals surface area contributed by atoms with Gasteiger partial charge in [-0.05, 0) is 36.4 Å². The lowest BCUT2D eigenvalue weighted by Gasteiger charge is -2.42. The largest absolute Gasteiger partial charge is 0.417 e. The first-order chi connectivity index (χ1) is 25.5. The summed E-state index contributed by atoms with van der Waals surface area (Å²) in [6.45, 7) is 0.582. The topological polar surface area (TPSA) is 166 Å². The maximum Gasteiger partial charge on any atom is 0.417 e. The molecule has 0 radical (unpaired) electrons. The van der Waals surface area contributed by atoms with Gasteiger partial charge in [0.15, 0.2) is 0 Å². The first kappa shape index (κ1) is 35.4. The molecular weight excluding hydrogens is 730 g/mol. The van der Waals surface area contributed by atoms with E-state index in [1.165, 1.54) is 34.1 Å². The number of fused-ring (bicyclic) bond motifs is 4. The van der Waals surface area contributed by atoms with E-state index in [1.807, 2.05) is 0 Å². The summed E-state index contributed by atoms with van der Waals surface area (Å²) in [5.74, 6) is -2.73. The Labute approximate surface area is 302 Å². The zero-order valence-electron chi connectivity index (χ0n) is 27.9. The van der Waals surface area contributed by atoms with Crippen molar-refractivity contribution < 1.29 is 65.1 Å². The van der Waals surface area contributed by atoms with Crippen molar-refractivity contribution in [2.75, 3.05) is 23.0 Å². The van der Waals surface area contributed by atoms with Crippen molar-refractivity contribution in [2.24, 2.45) is 23.7 Å². The first-order valence-corrected chi connectivity index (χ1v) is 17.4. The van der Waals surface area contributed by atoms with E-state index in [2.05, 4.69) is 0 Å². The third-order valence-corrected chi connectivity index (χ3v) is 12.5. The molecule has 12 nitrogen and oxygen atoms in total. The van der Waals surface area contributed by atoms with E-state index >= 15 is 0 Å². The van der Waals surface area contributed by atoms with E-state index in [4.69, 9.17) is 29.5 Å². The van der Waals surface area contributed by atoms with Crippen LogP contribution in [0.2, 0.25) is 0 Å². The SMILES string of the molecule is N#Cc1ccc(N2C(=O)[C@@H]3[C@@H]4O[C@@]5(CCO[C@H]2[C@H]35)C[C@H]4O)cc1C(F)(F)F.N#Cc1ccc(N2C(=O)[C@H]3[C@H]4O[C@]5(CCO[C@@H]2[C@@H]35)C[C@@H]4O)cc1C(F)(F)F. The van der Waals surface area contributed by atoms with Gasteiger partial charge < -0.3 is 29.2 Å². The van der Waals surface area contributed by atoms with Crippen LogP contribution in [0.5, 0.6) is 0 Å². The van der Waals surface area contributed by atoms with E-state index in [-0.39, 0.29) is 23.2 Å². The van der Waals surface area contributed by atoms with Crippen LogP contribution in [-0.4, -0.2) is 83.3 Å². The summed E-state index contributed by atoms with van der Waals surface area (Å²) in [6, 6.07) is 9.51. The van der Waals surface area contributed by atoms with Gasteiger partial charge in [0.1, 0.15) is 12.5 Å². The van der Waals surface area contributed by atoms with E-state index in [0.29, 0.717) is 38.9 Å². The van der Waals surface area contributed by atoms with Gasteiger partial charge in [0.25, 0.3) is 0 Å². The van der Waals surface area contributed by atoms with Gasteiger partial charge in [-0.25, -0.2) is 0 Å². The molecule has 8 fully saturated rings. The Morgan fingerprint density at radius 3 is 1.43 bits per heavy atom. The van der Waals surface area contributed by atoms with Crippen LogP contribution < -0.4 is 9.80 Å². The van der Waals surface area contributed by atoms with E-state index < -0.39 is 106 Å². The van der Waals surface area contributed by atoms with Crippen LogP contribution in [0.1, 0.15) is 47.9 Å². The average Bonchev–Trinajstić information content (AvgIpc) is 3.94. The Morgan fingerprint density at radius 2 is 1.07 bits per heavy atom. The molecule has 0 saturated carbocycles. The molecule has 8 heterocycles. The molecule has 2 aromatic carbocycles. The highest BCUT2D eigenvalue weighted by Crippen LogP contribution is 2.62. The maximum absolute atomic E-state index is 13.3. The fraction of sp³-hybridized carbons (Fsp3) is 0.556. The van der Waals surface area contributed by atoms with Crippen molar-refractivity contribution in [1.82, 2.24) is 0 Å². The molecule has 4 bridgehead atoms. The van der Waals surface area contributed by atoms with E-state index in [1.54, 1.807) is 0 Å². The lowest BCUT2D eigenvalue weighted by Crippen LogP contribution is -2.52. The number of ether oxygens (including phenoxy) is 4. The molecule has 0 aliphatic carbocycles. The number of alkyl halides is 6. The molecule has 8 aliphatic heterocycles. The van der Waals surface area contributed by atoms with Crippen LogP contribution in [0.4, 0.5) is 37.7 Å². The number of anilines is 2. The van der Waals surface area contributed by atoms with Crippen molar-refractivity contribution in [3.8, 4) is 12.1 Å². The van der Waals surface area contributed by atoms with Gasteiger partial charge in [-0.1, -0.05) is 0 Å². The van der Waals surface area contributed by atoms with Crippen molar-refractivity contribution in [1.29, 1.82) is 10.5 Å². The molecule has 8 aliphatic rings. The number of carbonyl (C=O) groups is 2. The summed E-state index contributed by atoms with van der Waals surface area (Å²) in [4.78, 5) is 28.7. The number of nitrogens with zero attached hydrogens (tertiary/aromatic N) is 4. The number of rotatable bonds is 2. The highest BCUT2D eigenvalue weighted by Gasteiger charge is 2.74. The van der Waals surface area contributed by atoms with Gasteiger partial charge in [0, 0.05) is 48.9 Å². The Morgan fingerprint density at radius 1 is 0.685 bits per heavy atom. The Balaban J connectivity index is 0.000000142. The summed E-state index contributed by atoms with van der Waals surface area (Å²) in [5, 5.41) is 38.4. The molecule has 2 N–H and O–H groups in total. The van der Waals surface area contributed by atoms with E-state index in [0.717, 1.165) is 24.3 Å². The predicted octanol–water partition coefficient (Wildman–Crippen LogP) is 3.61. The van der Waals surface area contributed by atoms with Crippen molar-refractivity contribution in [2.45, 2.75) is 86.1 Å². The number of aliphatic hydroxyl groups is 2. The lowest BCUT2D eigenvalue weighted by atomic mass is 9.69. The molecular formula is C36H30F6N4O8. The molecule has 2 amide bonds. The molecule has 2 spiro atoms.